The second-order valence-corrected chi connectivity index (χ2v) is 5.68. The normalized spacial score (nSPS) is 13.9. The van der Waals surface area contributed by atoms with Gasteiger partial charge in [-0.25, -0.2) is 0 Å². The molecule has 0 fully saturated rings. The first-order valence-corrected chi connectivity index (χ1v) is 7.80. The van der Waals surface area contributed by atoms with Gasteiger partial charge in [-0.05, 0) is 33.1 Å². The SMILES string of the molecule is C=C([SiH3])C(C)OC(N(CC)CC)N(CC)CC. The molecule has 0 rings (SSSR count). The van der Waals surface area contributed by atoms with Crippen LogP contribution in [0.5, 0.6) is 0 Å². The number of hydrogen-bond donors (Lipinski definition) is 0. The van der Waals surface area contributed by atoms with Crippen LogP contribution in [0.1, 0.15) is 34.6 Å². The summed E-state index contributed by atoms with van der Waals surface area (Å²) < 4.78 is 6.19. The highest BCUT2D eigenvalue weighted by Gasteiger charge is 2.24. The molecule has 0 aromatic carbocycles. The maximum atomic E-state index is 6.19. The molecule has 0 radical (unpaired) electrons. The number of hydrogen-bond acceptors (Lipinski definition) is 3. The predicted molar refractivity (Wildman–Crippen MR) is 79.3 cm³/mol. The van der Waals surface area contributed by atoms with E-state index in [0.717, 1.165) is 36.4 Å². The highest BCUT2D eigenvalue weighted by atomic mass is 28.1. The second-order valence-electron chi connectivity index (χ2n) is 4.39. The van der Waals surface area contributed by atoms with Crippen molar-refractivity contribution in [1.82, 2.24) is 9.80 Å². The van der Waals surface area contributed by atoms with Gasteiger partial charge in [-0.3, -0.25) is 9.80 Å². The third kappa shape index (κ3) is 5.34. The zero-order valence-electron chi connectivity index (χ0n) is 12.5. The van der Waals surface area contributed by atoms with Crippen LogP contribution in [-0.4, -0.2) is 58.7 Å². The largest absolute Gasteiger partial charge is 0.343 e. The zero-order chi connectivity index (χ0) is 13.4. The van der Waals surface area contributed by atoms with Gasteiger partial charge < -0.3 is 4.74 Å². The molecule has 0 N–H and O–H groups in total. The van der Waals surface area contributed by atoms with Gasteiger partial charge in [0.1, 0.15) is 0 Å². The number of rotatable bonds is 9. The van der Waals surface area contributed by atoms with Crippen molar-refractivity contribution in [3.63, 3.8) is 0 Å². The van der Waals surface area contributed by atoms with Gasteiger partial charge in [0.2, 0.25) is 0 Å². The summed E-state index contributed by atoms with van der Waals surface area (Å²) in [5.41, 5.74) is 0. The molecule has 4 heteroatoms. The van der Waals surface area contributed by atoms with Crippen LogP contribution >= 0.6 is 0 Å². The molecular weight excluding hydrogens is 228 g/mol. The van der Waals surface area contributed by atoms with Crippen LogP contribution in [0.3, 0.4) is 0 Å². The minimum Gasteiger partial charge on any atom is -0.343 e. The van der Waals surface area contributed by atoms with E-state index in [1.807, 2.05) is 0 Å². The van der Waals surface area contributed by atoms with E-state index < -0.39 is 0 Å². The summed E-state index contributed by atoms with van der Waals surface area (Å²) in [6.07, 6.45) is 0.244. The lowest BCUT2D eigenvalue weighted by molar-refractivity contribution is -0.163. The van der Waals surface area contributed by atoms with Gasteiger partial charge in [0, 0.05) is 10.2 Å². The maximum absolute atomic E-state index is 6.19. The molecule has 0 spiro atoms. The Morgan fingerprint density at radius 2 is 1.41 bits per heavy atom. The van der Waals surface area contributed by atoms with E-state index in [9.17, 15) is 0 Å². The molecule has 17 heavy (non-hydrogen) atoms. The third-order valence-electron chi connectivity index (χ3n) is 3.27. The van der Waals surface area contributed by atoms with Gasteiger partial charge in [0.25, 0.3) is 0 Å². The van der Waals surface area contributed by atoms with E-state index >= 15 is 0 Å². The topological polar surface area (TPSA) is 15.7 Å². The Hall–Kier alpha value is -0.163. The summed E-state index contributed by atoms with van der Waals surface area (Å²) in [7, 11) is 1.000. The molecule has 0 heterocycles. The number of ether oxygens (including phenoxy) is 1. The van der Waals surface area contributed by atoms with Crippen molar-refractivity contribution in [2.75, 3.05) is 26.2 Å². The first-order valence-electron chi connectivity index (χ1n) is 6.80. The zero-order valence-corrected chi connectivity index (χ0v) is 14.5. The summed E-state index contributed by atoms with van der Waals surface area (Å²) >= 11 is 0. The first kappa shape index (κ1) is 16.8. The summed E-state index contributed by atoms with van der Waals surface area (Å²) in [5, 5.41) is 1.22. The molecule has 1 unspecified atom stereocenters. The first-order chi connectivity index (χ1) is 8.01. The summed E-state index contributed by atoms with van der Waals surface area (Å²) in [4.78, 5) is 4.71. The Bertz CT molecular complexity index is 203. The lowest BCUT2D eigenvalue weighted by Gasteiger charge is -2.39. The monoisotopic (exact) mass is 258 g/mol. The van der Waals surface area contributed by atoms with Crippen LogP contribution in [0.2, 0.25) is 0 Å². The molecule has 0 bridgehead atoms. The minimum atomic E-state index is 0.0840. The van der Waals surface area contributed by atoms with Crippen LogP contribution in [0.4, 0.5) is 0 Å². The average molecular weight is 258 g/mol. The predicted octanol–water partition coefficient (Wildman–Crippen LogP) is 1.24. The molecular formula is C13H30N2OSi. The van der Waals surface area contributed by atoms with Crippen LogP contribution < -0.4 is 0 Å². The summed E-state index contributed by atoms with van der Waals surface area (Å²) in [6, 6.07) is 0. The maximum Gasteiger partial charge on any atom is 0.169 e. The lowest BCUT2D eigenvalue weighted by Crippen LogP contribution is -2.51. The average Bonchev–Trinajstić information content (AvgIpc) is 2.31. The fourth-order valence-corrected chi connectivity index (χ4v) is 1.91. The Labute approximate surface area is 110 Å². The molecule has 0 aliphatic carbocycles. The highest BCUT2D eigenvalue weighted by molar-refractivity contribution is 6.21. The quantitative estimate of drug-likeness (QED) is 0.457. The summed E-state index contributed by atoms with van der Waals surface area (Å²) in [6.45, 7) is 18.9. The molecule has 0 aromatic heterocycles. The second kappa shape index (κ2) is 8.86. The van der Waals surface area contributed by atoms with Crippen molar-refractivity contribution in [3.8, 4) is 0 Å². The molecule has 102 valence electrons. The van der Waals surface area contributed by atoms with Crippen LogP contribution in [-0.2, 0) is 4.74 Å². The molecule has 0 amide bonds. The lowest BCUT2D eigenvalue weighted by atomic mass is 10.4. The molecule has 0 saturated heterocycles. The van der Waals surface area contributed by atoms with E-state index in [1.165, 1.54) is 5.20 Å². The van der Waals surface area contributed by atoms with Gasteiger partial charge in [-0.2, -0.15) is 0 Å². The van der Waals surface area contributed by atoms with Crippen LogP contribution in [0, 0.1) is 0 Å². The van der Waals surface area contributed by atoms with E-state index in [0.29, 0.717) is 0 Å². The molecule has 1 atom stereocenters. The Balaban J connectivity index is 4.76. The van der Waals surface area contributed by atoms with Crippen LogP contribution in [0.15, 0.2) is 11.8 Å². The van der Waals surface area contributed by atoms with Gasteiger partial charge in [0.05, 0.1) is 6.10 Å². The van der Waals surface area contributed by atoms with Crippen molar-refractivity contribution >= 4 is 10.2 Å². The minimum absolute atomic E-state index is 0.0840. The third-order valence-corrected chi connectivity index (χ3v) is 4.08. The van der Waals surface area contributed by atoms with E-state index in [1.54, 1.807) is 0 Å². The fourth-order valence-electron chi connectivity index (χ4n) is 1.77. The van der Waals surface area contributed by atoms with Gasteiger partial charge in [0.15, 0.2) is 6.35 Å². The molecule has 0 saturated carbocycles. The smallest absolute Gasteiger partial charge is 0.169 e. The van der Waals surface area contributed by atoms with E-state index in [4.69, 9.17) is 4.74 Å². The van der Waals surface area contributed by atoms with E-state index in [-0.39, 0.29) is 12.5 Å². The molecule has 0 aliphatic rings. The number of nitrogens with zero attached hydrogens (tertiary/aromatic N) is 2. The van der Waals surface area contributed by atoms with Gasteiger partial charge >= 0.3 is 0 Å². The van der Waals surface area contributed by atoms with Gasteiger partial charge in [-0.1, -0.05) is 32.9 Å². The van der Waals surface area contributed by atoms with E-state index in [2.05, 4.69) is 51.0 Å². The highest BCUT2D eigenvalue weighted by Crippen LogP contribution is 2.12. The van der Waals surface area contributed by atoms with Gasteiger partial charge in [-0.15, -0.1) is 6.58 Å². The standard InChI is InChI=1S/C13H30N2OSi/c1-7-14(8-2)13(15(9-3)10-4)16-11(5)12(6)17/h11,13H,6-10H2,1-5,17H3. The Morgan fingerprint density at radius 3 is 1.65 bits per heavy atom. The molecule has 0 aliphatic heterocycles. The van der Waals surface area contributed by atoms with Crippen molar-refractivity contribution < 1.29 is 4.74 Å². The van der Waals surface area contributed by atoms with Crippen LogP contribution in [0.25, 0.3) is 0 Å². The van der Waals surface area contributed by atoms with Crippen molar-refractivity contribution in [2.45, 2.75) is 47.1 Å². The molecule has 3 nitrogen and oxygen atoms in total. The Morgan fingerprint density at radius 1 is 1.06 bits per heavy atom. The van der Waals surface area contributed by atoms with Crippen molar-refractivity contribution in [2.24, 2.45) is 0 Å². The summed E-state index contributed by atoms with van der Waals surface area (Å²) in [5.74, 6) is 0. The molecule has 0 aromatic rings. The fraction of sp³-hybridized carbons (Fsp3) is 0.846. The van der Waals surface area contributed by atoms with Crippen molar-refractivity contribution in [3.05, 3.63) is 11.8 Å². The van der Waals surface area contributed by atoms with Crippen molar-refractivity contribution in [1.29, 1.82) is 0 Å². The Kier molecular flexibility index (Phi) is 8.77.